The van der Waals surface area contributed by atoms with Crippen molar-refractivity contribution >= 4 is 40.7 Å². The van der Waals surface area contributed by atoms with Crippen LogP contribution in [0.15, 0.2) is 36.2 Å². The summed E-state index contributed by atoms with van der Waals surface area (Å²) in [5.74, 6) is -1.83. The van der Waals surface area contributed by atoms with Gasteiger partial charge in [-0.25, -0.2) is 4.79 Å². The van der Waals surface area contributed by atoms with Crippen molar-refractivity contribution in [1.82, 2.24) is 20.9 Å². The van der Waals surface area contributed by atoms with E-state index in [1.54, 1.807) is 12.3 Å². The second-order valence-corrected chi connectivity index (χ2v) is 5.48. The highest BCUT2D eigenvalue weighted by Crippen LogP contribution is 2.20. The minimum atomic E-state index is -1.08. The molecule has 1 fully saturated rings. The zero-order valence-electron chi connectivity index (χ0n) is 13.0. The van der Waals surface area contributed by atoms with E-state index >= 15 is 0 Å². The summed E-state index contributed by atoms with van der Waals surface area (Å²) >= 11 is 0. The summed E-state index contributed by atoms with van der Waals surface area (Å²) in [4.78, 5) is 49.5. The average molecular weight is 341 g/mol. The molecule has 0 bridgehead atoms. The third kappa shape index (κ3) is 3.50. The van der Waals surface area contributed by atoms with Crippen molar-refractivity contribution < 1.29 is 19.2 Å². The number of carbonyl (C=O) groups excluding carboxylic acids is 4. The fourth-order valence-electron chi connectivity index (χ4n) is 2.57. The summed E-state index contributed by atoms with van der Waals surface area (Å²) < 4.78 is 0. The zero-order valence-corrected chi connectivity index (χ0v) is 13.0. The Bertz CT molecular complexity index is 914. The van der Waals surface area contributed by atoms with Gasteiger partial charge in [-0.05, 0) is 12.1 Å². The van der Waals surface area contributed by atoms with E-state index in [1.165, 1.54) is 0 Å². The maximum atomic E-state index is 12.2. The summed E-state index contributed by atoms with van der Waals surface area (Å²) in [5, 5.41) is 7.66. The average Bonchev–Trinajstić information content (AvgIpc) is 2.94. The number of para-hydroxylation sites is 1. The SMILES string of the molecule is NC(=O)NC(=O)CC1NC(=O)C(=Cc2c[nH]c3ccccc23)NC1=O. The number of imide groups is 1. The molecular formula is C16H15N5O4. The molecule has 128 valence electrons. The molecule has 1 saturated heterocycles. The maximum Gasteiger partial charge on any atom is 0.318 e. The lowest BCUT2D eigenvalue weighted by atomic mass is 10.1. The first-order valence-corrected chi connectivity index (χ1v) is 7.43. The summed E-state index contributed by atoms with van der Waals surface area (Å²) in [6.07, 6.45) is 2.89. The molecule has 5 amide bonds. The van der Waals surface area contributed by atoms with Crippen molar-refractivity contribution in [3.05, 3.63) is 41.7 Å². The number of rotatable bonds is 3. The molecule has 25 heavy (non-hydrogen) atoms. The normalized spacial score (nSPS) is 18.7. The van der Waals surface area contributed by atoms with Crippen LogP contribution in [0.5, 0.6) is 0 Å². The van der Waals surface area contributed by atoms with Gasteiger partial charge in [0.05, 0.1) is 6.42 Å². The van der Waals surface area contributed by atoms with Crippen LogP contribution >= 0.6 is 0 Å². The van der Waals surface area contributed by atoms with Gasteiger partial charge in [-0.1, -0.05) is 18.2 Å². The molecule has 1 aliphatic heterocycles. The lowest BCUT2D eigenvalue weighted by Gasteiger charge is -2.24. The number of fused-ring (bicyclic) bond motifs is 1. The van der Waals surface area contributed by atoms with Gasteiger partial charge in [-0.3, -0.25) is 19.7 Å². The van der Waals surface area contributed by atoms with Crippen LogP contribution in [0.1, 0.15) is 12.0 Å². The molecule has 1 unspecified atom stereocenters. The molecule has 1 aliphatic rings. The standard InChI is InChI=1S/C16H15N5O4/c17-16(25)21-13(22)6-12-15(24)19-11(14(23)20-12)5-8-7-18-10-4-2-1-3-9(8)10/h1-5,7,12,18H,6H2,(H,19,24)(H,20,23)(H3,17,21,22,25). The van der Waals surface area contributed by atoms with Gasteiger partial charge in [0, 0.05) is 22.7 Å². The van der Waals surface area contributed by atoms with E-state index in [0.717, 1.165) is 16.5 Å². The van der Waals surface area contributed by atoms with E-state index in [2.05, 4.69) is 15.6 Å². The number of hydrogen-bond donors (Lipinski definition) is 5. The molecule has 9 heteroatoms. The van der Waals surface area contributed by atoms with Gasteiger partial charge < -0.3 is 21.4 Å². The molecule has 0 radical (unpaired) electrons. The zero-order chi connectivity index (χ0) is 18.0. The Labute approximate surface area is 141 Å². The van der Waals surface area contributed by atoms with Crippen LogP contribution in [-0.4, -0.2) is 34.8 Å². The van der Waals surface area contributed by atoms with Crippen molar-refractivity contribution in [2.45, 2.75) is 12.5 Å². The maximum absolute atomic E-state index is 12.2. The predicted molar refractivity (Wildman–Crippen MR) is 88.7 cm³/mol. The Hall–Kier alpha value is -3.62. The van der Waals surface area contributed by atoms with E-state index in [1.807, 2.05) is 29.6 Å². The summed E-state index contributed by atoms with van der Waals surface area (Å²) in [6.45, 7) is 0. The molecule has 1 atom stereocenters. The van der Waals surface area contributed by atoms with Crippen LogP contribution in [0.3, 0.4) is 0 Å². The first kappa shape index (κ1) is 16.2. The first-order chi connectivity index (χ1) is 11.9. The highest BCUT2D eigenvalue weighted by molar-refractivity contribution is 6.09. The van der Waals surface area contributed by atoms with Crippen LogP contribution in [0.2, 0.25) is 0 Å². The molecule has 1 aromatic carbocycles. The number of piperazine rings is 1. The number of urea groups is 1. The number of aromatic nitrogens is 1. The number of amides is 5. The fraction of sp³-hybridized carbons (Fsp3) is 0.125. The van der Waals surface area contributed by atoms with E-state index in [-0.39, 0.29) is 12.1 Å². The predicted octanol–water partition coefficient (Wildman–Crippen LogP) is -0.292. The summed E-state index contributed by atoms with van der Waals surface area (Å²) in [6, 6.07) is 5.43. The highest BCUT2D eigenvalue weighted by Gasteiger charge is 2.31. The molecular weight excluding hydrogens is 326 g/mol. The van der Waals surface area contributed by atoms with Gasteiger partial charge in [-0.2, -0.15) is 0 Å². The second-order valence-electron chi connectivity index (χ2n) is 5.48. The minimum absolute atomic E-state index is 0.0707. The molecule has 0 aliphatic carbocycles. The molecule has 2 heterocycles. The van der Waals surface area contributed by atoms with Gasteiger partial charge in [0.1, 0.15) is 11.7 Å². The number of benzene rings is 1. The third-order valence-electron chi connectivity index (χ3n) is 3.70. The first-order valence-electron chi connectivity index (χ1n) is 7.43. The molecule has 6 N–H and O–H groups in total. The number of H-pyrrole nitrogens is 1. The number of hydrogen-bond acceptors (Lipinski definition) is 4. The van der Waals surface area contributed by atoms with Crippen molar-refractivity contribution in [3.63, 3.8) is 0 Å². The van der Waals surface area contributed by atoms with Gasteiger partial charge in [-0.15, -0.1) is 0 Å². The Balaban J connectivity index is 1.76. The number of nitrogens with two attached hydrogens (primary N) is 1. The monoisotopic (exact) mass is 341 g/mol. The van der Waals surface area contributed by atoms with Crippen molar-refractivity contribution in [1.29, 1.82) is 0 Å². The largest absolute Gasteiger partial charge is 0.361 e. The smallest absolute Gasteiger partial charge is 0.318 e. The fourth-order valence-corrected chi connectivity index (χ4v) is 2.57. The summed E-state index contributed by atoms with van der Waals surface area (Å²) in [5.41, 5.74) is 6.55. The van der Waals surface area contributed by atoms with Crippen LogP contribution in [-0.2, 0) is 14.4 Å². The van der Waals surface area contributed by atoms with Crippen LogP contribution < -0.4 is 21.7 Å². The van der Waals surface area contributed by atoms with Crippen LogP contribution in [0, 0.1) is 0 Å². The van der Waals surface area contributed by atoms with E-state index in [4.69, 9.17) is 5.73 Å². The lowest BCUT2D eigenvalue weighted by Crippen LogP contribution is -2.56. The van der Waals surface area contributed by atoms with Gasteiger partial charge in [0.2, 0.25) is 11.8 Å². The Morgan fingerprint density at radius 1 is 1.24 bits per heavy atom. The van der Waals surface area contributed by atoms with Gasteiger partial charge in [0.15, 0.2) is 0 Å². The molecule has 1 aromatic heterocycles. The number of aromatic amines is 1. The van der Waals surface area contributed by atoms with Crippen molar-refractivity contribution in [3.8, 4) is 0 Å². The lowest BCUT2D eigenvalue weighted by molar-refractivity contribution is -0.133. The molecule has 9 nitrogen and oxygen atoms in total. The van der Waals surface area contributed by atoms with E-state index in [0.29, 0.717) is 0 Å². The third-order valence-corrected chi connectivity index (χ3v) is 3.70. The highest BCUT2D eigenvalue weighted by atomic mass is 16.2. The molecule has 0 spiro atoms. The van der Waals surface area contributed by atoms with Gasteiger partial charge >= 0.3 is 6.03 Å². The quantitative estimate of drug-likeness (QED) is 0.488. The number of nitrogens with one attached hydrogen (secondary N) is 4. The number of carbonyl (C=O) groups is 4. The molecule has 2 aromatic rings. The van der Waals surface area contributed by atoms with Crippen molar-refractivity contribution in [2.75, 3.05) is 0 Å². The topological polar surface area (TPSA) is 146 Å². The van der Waals surface area contributed by atoms with Crippen LogP contribution in [0.4, 0.5) is 4.79 Å². The van der Waals surface area contributed by atoms with Crippen molar-refractivity contribution in [2.24, 2.45) is 5.73 Å². The van der Waals surface area contributed by atoms with E-state index in [9.17, 15) is 19.2 Å². The Morgan fingerprint density at radius 2 is 2.00 bits per heavy atom. The van der Waals surface area contributed by atoms with Gasteiger partial charge in [0.25, 0.3) is 5.91 Å². The van der Waals surface area contributed by atoms with E-state index < -0.39 is 29.8 Å². The Kier molecular flexibility index (Phi) is 4.21. The number of primary amides is 1. The Morgan fingerprint density at radius 3 is 2.76 bits per heavy atom. The molecule has 3 rings (SSSR count). The minimum Gasteiger partial charge on any atom is -0.361 e. The second kappa shape index (κ2) is 6.48. The summed E-state index contributed by atoms with van der Waals surface area (Å²) in [7, 11) is 0. The van der Waals surface area contributed by atoms with Crippen LogP contribution in [0.25, 0.3) is 17.0 Å². The molecule has 0 saturated carbocycles.